The number of benzene rings is 2. The summed E-state index contributed by atoms with van der Waals surface area (Å²) in [6, 6.07) is 14.8. The van der Waals surface area contributed by atoms with Gasteiger partial charge in [-0.25, -0.2) is 4.79 Å². The van der Waals surface area contributed by atoms with E-state index in [1.807, 2.05) is 36.4 Å². The van der Waals surface area contributed by atoms with Crippen LogP contribution in [-0.4, -0.2) is 13.1 Å². The van der Waals surface area contributed by atoms with E-state index in [9.17, 15) is 4.79 Å². The van der Waals surface area contributed by atoms with Crippen molar-refractivity contribution in [3.05, 3.63) is 64.7 Å². The molecule has 19 heavy (non-hydrogen) atoms. The molecular weight excluding hydrogens is 262 g/mol. The summed E-state index contributed by atoms with van der Waals surface area (Å²) in [5.74, 6) is -0.329. The first-order chi connectivity index (χ1) is 9.19. The van der Waals surface area contributed by atoms with E-state index >= 15 is 0 Å². The molecule has 4 heteroatoms. The van der Waals surface area contributed by atoms with E-state index < -0.39 is 0 Å². The number of ether oxygens (including phenoxy) is 1. The molecule has 0 saturated heterocycles. The van der Waals surface area contributed by atoms with Crippen LogP contribution in [0.2, 0.25) is 5.02 Å². The van der Waals surface area contributed by atoms with Gasteiger partial charge >= 0.3 is 5.97 Å². The van der Waals surface area contributed by atoms with Crippen molar-refractivity contribution in [3.63, 3.8) is 0 Å². The highest BCUT2D eigenvalue weighted by atomic mass is 35.5. The molecule has 3 nitrogen and oxygen atoms in total. The largest absolute Gasteiger partial charge is 0.465 e. The molecule has 0 amide bonds. The zero-order valence-electron chi connectivity index (χ0n) is 10.5. The molecule has 2 aromatic rings. The van der Waals surface area contributed by atoms with Crippen molar-refractivity contribution in [2.75, 3.05) is 12.4 Å². The monoisotopic (exact) mass is 275 g/mol. The van der Waals surface area contributed by atoms with Gasteiger partial charge in [-0.3, -0.25) is 0 Å². The van der Waals surface area contributed by atoms with Crippen LogP contribution in [0.5, 0.6) is 0 Å². The fourth-order valence-corrected chi connectivity index (χ4v) is 1.77. The number of hydrogen-bond donors (Lipinski definition) is 1. The van der Waals surface area contributed by atoms with Gasteiger partial charge in [-0.15, -0.1) is 0 Å². The SMILES string of the molecule is COC(=O)c1ccc(NCc2ccc(Cl)cc2)cc1. The Labute approximate surface area is 117 Å². The average Bonchev–Trinajstić information content (AvgIpc) is 2.46. The zero-order chi connectivity index (χ0) is 13.7. The number of carbonyl (C=O) groups excluding carboxylic acids is 1. The third kappa shape index (κ3) is 3.73. The van der Waals surface area contributed by atoms with Gasteiger partial charge in [0.2, 0.25) is 0 Å². The molecule has 0 spiro atoms. The third-order valence-electron chi connectivity index (χ3n) is 2.72. The van der Waals surface area contributed by atoms with E-state index in [1.165, 1.54) is 7.11 Å². The predicted molar refractivity (Wildman–Crippen MR) is 76.6 cm³/mol. The molecule has 0 aliphatic rings. The Bertz CT molecular complexity index is 549. The molecule has 0 aliphatic carbocycles. The number of nitrogens with one attached hydrogen (secondary N) is 1. The Morgan fingerprint density at radius 2 is 1.74 bits per heavy atom. The highest BCUT2D eigenvalue weighted by Gasteiger charge is 2.03. The summed E-state index contributed by atoms with van der Waals surface area (Å²) in [4.78, 5) is 11.3. The Morgan fingerprint density at radius 3 is 2.32 bits per heavy atom. The van der Waals surface area contributed by atoms with Crippen LogP contribution in [0.15, 0.2) is 48.5 Å². The van der Waals surface area contributed by atoms with Crippen molar-refractivity contribution in [2.24, 2.45) is 0 Å². The van der Waals surface area contributed by atoms with Gasteiger partial charge in [-0.2, -0.15) is 0 Å². The van der Waals surface area contributed by atoms with Crippen LogP contribution in [0.1, 0.15) is 15.9 Å². The number of halogens is 1. The molecule has 0 aliphatic heterocycles. The van der Waals surface area contributed by atoms with E-state index in [0.29, 0.717) is 12.1 Å². The van der Waals surface area contributed by atoms with Gasteiger partial charge in [-0.1, -0.05) is 23.7 Å². The second-order valence-corrected chi connectivity index (χ2v) is 4.49. The average molecular weight is 276 g/mol. The second kappa shape index (κ2) is 6.25. The molecule has 98 valence electrons. The second-order valence-electron chi connectivity index (χ2n) is 4.05. The van der Waals surface area contributed by atoms with E-state index in [-0.39, 0.29) is 5.97 Å². The molecule has 0 saturated carbocycles. The van der Waals surface area contributed by atoms with Gasteiger partial charge in [0.1, 0.15) is 0 Å². The first-order valence-corrected chi connectivity index (χ1v) is 6.23. The normalized spacial score (nSPS) is 10.0. The Balaban J connectivity index is 1.96. The van der Waals surface area contributed by atoms with E-state index in [0.717, 1.165) is 16.3 Å². The van der Waals surface area contributed by atoms with Gasteiger partial charge < -0.3 is 10.1 Å². The summed E-state index contributed by atoms with van der Waals surface area (Å²) in [5.41, 5.74) is 2.63. The van der Waals surface area contributed by atoms with Crippen LogP contribution in [0.3, 0.4) is 0 Å². The molecule has 1 N–H and O–H groups in total. The molecule has 0 aromatic heterocycles. The number of anilines is 1. The summed E-state index contributed by atoms with van der Waals surface area (Å²) in [5, 5.41) is 4.00. The van der Waals surface area contributed by atoms with Crippen molar-refractivity contribution >= 4 is 23.3 Å². The van der Waals surface area contributed by atoms with Gasteiger partial charge in [0.15, 0.2) is 0 Å². The zero-order valence-corrected chi connectivity index (χ0v) is 11.3. The highest BCUT2D eigenvalue weighted by molar-refractivity contribution is 6.30. The summed E-state index contributed by atoms with van der Waals surface area (Å²) in [7, 11) is 1.37. The van der Waals surface area contributed by atoms with Crippen molar-refractivity contribution in [1.82, 2.24) is 0 Å². The molecule has 0 radical (unpaired) electrons. The Morgan fingerprint density at radius 1 is 1.11 bits per heavy atom. The van der Waals surface area contributed by atoms with Crippen molar-refractivity contribution < 1.29 is 9.53 Å². The lowest BCUT2D eigenvalue weighted by Crippen LogP contribution is -2.02. The molecule has 2 aromatic carbocycles. The molecule has 0 heterocycles. The molecule has 0 unspecified atom stereocenters. The minimum Gasteiger partial charge on any atom is -0.465 e. The summed E-state index contributed by atoms with van der Waals surface area (Å²) in [6.07, 6.45) is 0. The number of carbonyl (C=O) groups is 1. The van der Waals surface area contributed by atoms with Gasteiger partial charge in [0.05, 0.1) is 12.7 Å². The molecule has 0 fully saturated rings. The van der Waals surface area contributed by atoms with Crippen molar-refractivity contribution in [1.29, 1.82) is 0 Å². The highest BCUT2D eigenvalue weighted by Crippen LogP contribution is 2.13. The lowest BCUT2D eigenvalue weighted by Gasteiger charge is -2.07. The van der Waals surface area contributed by atoms with E-state index in [2.05, 4.69) is 10.1 Å². The number of methoxy groups -OCH3 is 1. The fraction of sp³-hybridized carbons (Fsp3) is 0.133. The van der Waals surface area contributed by atoms with Gasteiger partial charge in [0, 0.05) is 17.3 Å². The van der Waals surface area contributed by atoms with Crippen molar-refractivity contribution in [2.45, 2.75) is 6.54 Å². The summed E-state index contributed by atoms with van der Waals surface area (Å²) in [6.45, 7) is 0.703. The molecule has 2 rings (SSSR count). The first-order valence-electron chi connectivity index (χ1n) is 5.86. The standard InChI is InChI=1S/C15H14ClNO2/c1-19-15(18)12-4-8-14(9-5-12)17-10-11-2-6-13(16)7-3-11/h2-9,17H,10H2,1H3. The Hall–Kier alpha value is -2.00. The van der Waals surface area contributed by atoms with Crippen LogP contribution in [-0.2, 0) is 11.3 Å². The maximum atomic E-state index is 11.3. The Kier molecular flexibility index (Phi) is 4.42. The molecular formula is C15H14ClNO2. The van der Waals surface area contributed by atoms with Crippen LogP contribution >= 0.6 is 11.6 Å². The maximum absolute atomic E-state index is 11.3. The van der Waals surface area contributed by atoms with Gasteiger partial charge in [0.25, 0.3) is 0 Å². The minimum absolute atomic E-state index is 0.329. The number of rotatable bonds is 4. The first kappa shape index (κ1) is 13.4. The van der Waals surface area contributed by atoms with Crippen LogP contribution in [0, 0.1) is 0 Å². The fourth-order valence-electron chi connectivity index (χ4n) is 1.65. The topological polar surface area (TPSA) is 38.3 Å². The third-order valence-corrected chi connectivity index (χ3v) is 2.97. The van der Waals surface area contributed by atoms with Crippen LogP contribution in [0.25, 0.3) is 0 Å². The molecule has 0 atom stereocenters. The summed E-state index contributed by atoms with van der Waals surface area (Å²) >= 11 is 5.83. The summed E-state index contributed by atoms with van der Waals surface area (Å²) < 4.78 is 4.64. The lowest BCUT2D eigenvalue weighted by molar-refractivity contribution is 0.0601. The number of hydrogen-bond acceptors (Lipinski definition) is 3. The van der Waals surface area contributed by atoms with Crippen molar-refractivity contribution in [3.8, 4) is 0 Å². The lowest BCUT2D eigenvalue weighted by atomic mass is 10.2. The van der Waals surface area contributed by atoms with Crippen LogP contribution in [0.4, 0.5) is 5.69 Å². The van der Waals surface area contributed by atoms with Crippen LogP contribution < -0.4 is 5.32 Å². The quantitative estimate of drug-likeness (QED) is 0.864. The van der Waals surface area contributed by atoms with E-state index in [4.69, 9.17) is 11.6 Å². The van der Waals surface area contributed by atoms with Gasteiger partial charge in [-0.05, 0) is 42.0 Å². The smallest absolute Gasteiger partial charge is 0.337 e. The minimum atomic E-state index is -0.329. The van der Waals surface area contributed by atoms with E-state index in [1.54, 1.807) is 12.1 Å². The predicted octanol–water partition coefficient (Wildman–Crippen LogP) is 3.74. The maximum Gasteiger partial charge on any atom is 0.337 e. The molecule has 0 bridgehead atoms. The number of esters is 1.